The molecule has 3 aromatic heterocycles. The summed E-state index contributed by atoms with van der Waals surface area (Å²) in [6, 6.07) is 18.4. The van der Waals surface area contributed by atoms with Gasteiger partial charge in [0, 0.05) is 33.9 Å². The monoisotopic (exact) mass is 281 g/mol. The number of aromatic nitrogens is 3. The average Bonchev–Trinajstić information content (AvgIpc) is 2.78. The van der Waals surface area contributed by atoms with Crippen LogP contribution in [0.25, 0.3) is 43.6 Å². The summed E-state index contributed by atoms with van der Waals surface area (Å²) in [5.41, 5.74) is 3.95. The molecule has 0 aliphatic rings. The van der Waals surface area contributed by atoms with Crippen LogP contribution in [0.15, 0.2) is 67.0 Å². The molecule has 2 aromatic carbocycles. The van der Waals surface area contributed by atoms with Gasteiger partial charge in [0.05, 0.1) is 22.1 Å². The molecule has 0 radical (unpaired) electrons. The Morgan fingerprint density at radius 2 is 1.50 bits per heavy atom. The quantitative estimate of drug-likeness (QED) is 0.420. The highest BCUT2D eigenvalue weighted by Gasteiger charge is 2.12. The smallest absolute Gasteiger partial charge is 0.0811 e. The Hall–Kier alpha value is -3.07. The lowest BCUT2D eigenvalue weighted by Crippen LogP contribution is -1.78. The van der Waals surface area contributed by atoms with Crippen molar-refractivity contribution in [1.29, 1.82) is 0 Å². The van der Waals surface area contributed by atoms with E-state index >= 15 is 0 Å². The van der Waals surface area contributed by atoms with Crippen molar-refractivity contribution < 1.29 is 0 Å². The topological polar surface area (TPSA) is 38.7 Å². The number of rotatable bonds is 0. The molecule has 0 fully saturated rings. The highest BCUT2D eigenvalue weighted by Crippen LogP contribution is 2.33. The third kappa shape index (κ3) is 1.48. The van der Waals surface area contributed by atoms with Gasteiger partial charge in [-0.1, -0.05) is 18.2 Å². The van der Waals surface area contributed by atoms with Crippen LogP contribution in [0.5, 0.6) is 0 Å². The molecule has 0 aliphatic heterocycles. The summed E-state index contributed by atoms with van der Waals surface area (Å²) in [4.78, 5) is 13.9. The fraction of sp³-hybridized carbons (Fsp3) is 0. The molecule has 5 rings (SSSR count). The van der Waals surface area contributed by atoms with Crippen molar-refractivity contribution >= 4 is 43.6 Å². The van der Waals surface area contributed by atoms with Crippen LogP contribution < -0.4 is 0 Å². The van der Waals surface area contributed by atoms with Crippen LogP contribution in [0.4, 0.5) is 0 Å². The summed E-state index contributed by atoms with van der Waals surface area (Å²) < 4.78 is 0. The molecule has 0 N–H and O–H groups in total. The predicted octanol–water partition coefficient (Wildman–Crippen LogP) is 4.48. The van der Waals surface area contributed by atoms with Gasteiger partial charge in [0.25, 0.3) is 0 Å². The first-order valence-corrected chi connectivity index (χ1v) is 7.23. The second-order valence-corrected chi connectivity index (χ2v) is 5.37. The lowest BCUT2D eigenvalue weighted by molar-refractivity contribution is 1.42. The molecule has 0 atom stereocenters. The zero-order valence-electron chi connectivity index (χ0n) is 11.7. The van der Waals surface area contributed by atoms with Gasteiger partial charge in [0.15, 0.2) is 0 Å². The molecule has 3 heteroatoms. The van der Waals surface area contributed by atoms with Crippen molar-refractivity contribution in [3.05, 3.63) is 67.0 Å². The molecular weight excluding hydrogens is 270 g/mol. The number of hydrogen-bond donors (Lipinski definition) is 0. The molecular formula is C19H11N3. The van der Waals surface area contributed by atoms with E-state index in [1.165, 1.54) is 0 Å². The zero-order chi connectivity index (χ0) is 14.5. The third-order valence-electron chi connectivity index (χ3n) is 4.12. The highest BCUT2D eigenvalue weighted by molar-refractivity contribution is 6.23. The van der Waals surface area contributed by atoms with Crippen LogP contribution in [-0.2, 0) is 0 Å². The summed E-state index contributed by atoms with van der Waals surface area (Å²) in [5.74, 6) is 0. The molecule has 5 aromatic rings. The third-order valence-corrected chi connectivity index (χ3v) is 4.12. The predicted molar refractivity (Wildman–Crippen MR) is 89.9 cm³/mol. The SMILES string of the molecule is c1ccc2ccc3nc4c5cccnc5ccc4c3c2nc1. The Morgan fingerprint density at radius 3 is 2.50 bits per heavy atom. The first kappa shape index (κ1) is 11.6. The van der Waals surface area contributed by atoms with Crippen molar-refractivity contribution in [1.82, 2.24) is 15.0 Å². The van der Waals surface area contributed by atoms with Gasteiger partial charge in [0.2, 0.25) is 0 Å². The molecule has 102 valence electrons. The van der Waals surface area contributed by atoms with E-state index in [0.717, 1.165) is 43.6 Å². The number of fused-ring (bicyclic) bond motifs is 7. The maximum atomic E-state index is 4.83. The Bertz CT molecular complexity index is 1180. The molecule has 0 bridgehead atoms. The van der Waals surface area contributed by atoms with E-state index in [0.29, 0.717) is 0 Å². The van der Waals surface area contributed by atoms with Crippen molar-refractivity contribution in [2.45, 2.75) is 0 Å². The number of nitrogens with zero attached hydrogens (tertiary/aromatic N) is 3. The first-order chi connectivity index (χ1) is 10.9. The molecule has 3 heterocycles. The van der Waals surface area contributed by atoms with Gasteiger partial charge in [-0.3, -0.25) is 9.97 Å². The van der Waals surface area contributed by atoms with Gasteiger partial charge in [-0.05, 0) is 36.4 Å². The first-order valence-electron chi connectivity index (χ1n) is 7.23. The van der Waals surface area contributed by atoms with Crippen LogP contribution in [0, 0.1) is 0 Å². The minimum atomic E-state index is 0.973. The summed E-state index contributed by atoms with van der Waals surface area (Å²) in [6.45, 7) is 0. The molecule has 0 aliphatic carbocycles. The van der Waals surface area contributed by atoms with Gasteiger partial charge in [0.1, 0.15) is 0 Å². The maximum Gasteiger partial charge on any atom is 0.0811 e. The fourth-order valence-corrected chi connectivity index (χ4v) is 3.13. The van der Waals surface area contributed by atoms with E-state index in [2.05, 4.69) is 46.4 Å². The van der Waals surface area contributed by atoms with Gasteiger partial charge in [-0.25, -0.2) is 4.98 Å². The summed E-state index contributed by atoms with van der Waals surface area (Å²) in [5, 5.41) is 4.47. The van der Waals surface area contributed by atoms with E-state index in [4.69, 9.17) is 4.98 Å². The second-order valence-electron chi connectivity index (χ2n) is 5.37. The largest absolute Gasteiger partial charge is 0.256 e. The van der Waals surface area contributed by atoms with Crippen LogP contribution in [0.1, 0.15) is 0 Å². The van der Waals surface area contributed by atoms with E-state index in [9.17, 15) is 0 Å². The zero-order valence-corrected chi connectivity index (χ0v) is 11.7. The Kier molecular flexibility index (Phi) is 2.22. The number of pyridine rings is 1. The standard InChI is InChI=1S/C19H11N3/c1-2-10-21-18-12(4-1)6-8-16-17(18)14-7-9-15-13(19(14)22-16)5-3-11-20-15/h1-11H. The fourth-order valence-electron chi connectivity index (χ4n) is 3.13. The second kappa shape index (κ2) is 4.21. The van der Waals surface area contributed by atoms with E-state index in [1.807, 2.05) is 30.6 Å². The van der Waals surface area contributed by atoms with Crippen LogP contribution in [0.3, 0.4) is 0 Å². The number of hydrogen-bond acceptors (Lipinski definition) is 3. The van der Waals surface area contributed by atoms with Crippen LogP contribution in [0.2, 0.25) is 0 Å². The van der Waals surface area contributed by atoms with E-state index in [-0.39, 0.29) is 0 Å². The molecule has 0 saturated heterocycles. The Balaban J connectivity index is 2.11. The van der Waals surface area contributed by atoms with Crippen LogP contribution in [-0.4, -0.2) is 15.0 Å². The minimum absolute atomic E-state index is 0.973. The average molecular weight is 281 g/mol. The molecule has 0 unspecified atom stereocenters. The molecule has 0 saturated carbocycles. The lowest BCUT2D eigenvalue weighted by atomic mass is 10.1. The van der Waals surface area contributed by atoms with E-state index in [1.54, 1.807) is 0 Å². The van der Waals surface area contributed by atoms with Gasteiger partial charge >= 0.3 is 0 Å². The van der Waals surface area contributed by atoms with Gasteiger partial charge in [-0.15, -0.1) is 0 Å². The summed E-state index contributed by atoms with van der Waals surface area (Å²) in [6.07, 6.45) is 3.65. The maximum absolute atomic E-state index is 4.83. The van der Waals surface area contributed by atoms with Crippen molar-refractivity contribution in [3.8, 4) is 0 Å². The van der Waals surface area contributed by atoms with Crippen molar-refractivity contribution in [2.24, 2.45) is 0 Å². The molecule has 22 heavy (non-hydrogen) atoms. The normalized spacial score (nSPS) is 11.6. The highest BCUT2D eigenvalue weighted by atomic mass is 14.7. The number of benzene rings is 2. The van der Waals surface area contributed by atoms with Crippen molar-refractivity contribution in [2.75, 3.05) is 0 Å². The summed E-state index contributed by atoms with van der Waals surface area (Å²) >= 11 is 0. The van der Waals surface area contributed by atoms with Crippen LogP contribution >= 0.6 is 0 Å². The molecule has 0 amide bonds. The lowest BCUT2D eigenvalue weighted by Gasteiger charge is -1.98. The molecule has 3 nitrogen and oxygen atoms in total. The Morgan fingerprint density at radius 1 is 0.591 bits per heavy atom. The Labute approximate surface area is 126 Å². The molecule has 0 spiro atoms. The van der Waals surface area contributed by atoms with Gasteiger partial charge < -0.3 is 0 Å². The van der Waals surface area contributed by atoms with Crippen molar-refractivity contribution in [3.63, 3.8) is 0 Å². The minimum Gasteiger partial charge on any atom is -0.256 e. The van der Waals surface area contributed by atoms with E-state index < -0.39 is 0 Å². The summed E-state index contributed by atoms with van der Waals surface area (Å²) in [7, 11) is 0. The van der Waals surface area contributed by atoms with Gasteiger partial charge in [-0.2, -0.15) is 0 Å².